The molecule has 0 unspecified atom stereocenters. The molecular formula is C10H9ClN4OS. The minimum atomic E-state index is -0.589. The maximum atomic E-state index is 10.8. The highest BCUT2D eigenvalue weighted by Crippen LogP contribution is 2.21. The Hall–Kier alpha value is -1.66. The van der Waals surface area contributed by atoms with Crippen molar-refractivity contribution in [3.05, 3.63) is 39.2 Å². The maximum Gasteiger partial charge on any atom is 0.269 e. The summed E-state index contributed by atoms with van der Waals surface area (Å²) in [6.07, 6.45) is 0. The number of amides is 1. The Labute approximate surface area is 107 Å². The molecule has 0 radical (unpaired) electrons. The number of primary amides is 1. The summed E-state index contributed by atoms with van der Waals surface area (Å²) in [6, 6.07) is 6.96. The van der Waals surface area contributed by atoms with Gasteiger partial charge in [-0.1, -0.05) is 11.6 Å². The highest BCUT2D eigenvalue weighted by molar-refractivity contribution is 7.16. The number of hydrogen-bond acceptors (Lipinski definition) is 5. The molecule has 1 amide bonds. The van der Waals surface area contributed by atoms with Crippen molar-refractivity contribution in [2.45, 2.75) is 6.54 Å². The van der Waals surface area contributed by atoms with Gasteiger partial charge in [0.05, 0.1) is 10.9 Å². The monoisotopic (exact) mass is 268 g/mol. The minimum Gasteiger partial charge on any atom is -0.364 e. The fraction of sp³-hybridized carbons (Fsp3) is 0.100. The number of nitrogens with zero attached hydrogens (tertiary/aromatic N) is 2. The summed E-state index contributed by atoms with van der Waals surface area (Å²) in [5, 5.41) is 10.6. The Morgan fingerprint density at radius 3 is 2.71 bits per heavy atom. The average molecular weight is 269 g/mol. The number of anilines is 1. The molecule has 2 rings (SSSR count). The van der Waals surface area contributed by atoms with Gasteiger partial charge in [-0.25, -0.2) is 0 Å². The Morgan fingerprint density at radius 1 is 1.35 bits per heavy atom. The zero-order chi connectivity index (χ0) is 12.3. The average Bonchev–Trinajstić information content (AvgIpc) is 2.73. The molecule has 0 spiro atoms. The lowest BCUT2D eigenvalue weighted by Crippen LogP contribution is -2.14. The van der Waals surface area contributed by atoms with Gasteiger partial charge >= 0.3 is 0 Å². The van der Waals surface area contributed by atoms with E-state index in [9.17, 15) is 4.79 Å². The van der Waals surface area contributed by atoms with Gasteiger partial charge < -0.3 is 11.1 Å². The molecule has 0 aliphatic rings. The fourth-order valence-electron chi connectivity index (χ4n) is 1.18. The van der Waals surface area contributed by atoms with E-state index in [1.165, 1.54) is 17.4 Å². The van der Waals surface area contributed by atoms with E-state index in [0.717, 1.165) is 9.21 Å². The van der Waals surface area contributed by atoms with Crippen LogP contribution in [-0.4, -0.2) is 16.1 Å². The van der Waals surface area contributed by atoms with Crippen LogP contribution in [0.5, 0.6) is 0 Å². The van der Waals surface area contributed by atoms with Gasteiger partial charge in [-0.05, 0) is 24.3 Å². The molecule has 2 aromatic heterocycles. The number of halogens is 1. The van der Waals surface area contributed by atoms with Gasteiger partial charge in [0.1, 0.15) is 5.82 Å². The van der Waals surface area contributed by atoms with Gasteiger partial charge in [0, 0.05) is 4.88 Å². The predicted molar refractivity (Wildman–Crippen MR) is 67.2 cm³/mol. The number of rotatable bonds is 4. The van der Waals surface area contributed by atoms with Crippen molar-refractivity contribution in [3.8, 4) is 0 Å². The number of thiophene rings is 1. The van der Waals surface area contributed by atoms with Crippen molar-refractivity contribution in [1.82, 2.24) is 10.2 Å². The molecule has 5 nitrogen and oxygen atoms in total. The number of hydrogen-bond donors (Lipinski definition) is 2. The summed E-state index contributed by atoms with van der Waals surface area (Å²) in [5.74, 6) is -0.00592. The number of aromatic nitrogens is 2. The van der Waals surface area contributed by atoms with E-state index >= 15 is 0 Å². The second-order valence-corrected chi connectivity index (χ2v) is 5.03. The summed E-state index contributed by atoms with van der Waals surface area (Å²) in [6.45, 7) is 0.613. The molecule has 0 aliphatic heterocycles. The van der Waals surface area contributed by atoms with E-state index in [-0.39, 0.29) is 5.69 Å². The molecule has 2 aromatic rings. The van der Waals surface area contributed by atoms with Crippen molar-refractivity contribution in [3.63, 3.8) is 0 Å². The zero-order valence-electron chi connectivity index (χ0n) is 8.68. The standard InChI is InChI=1S/C10H9ClN4OS/c11-8-3-1-6(17-8)5-13-9-4-2-7(10(12)16)14-15-9/h1-4H,5H2,(H2,12,16)(H,13,15). The number of nitrogens with one attached hydrogen (secondary N) is 1. The van der Waals surface area contributed by atoms with Crippen molar-refractivity contribution in [2.24, 2.45) is 5.73 Å². The van der Waals surface area contributed by atoms with Crippen LogP contribution in [-0.2, 0) is 6.54 Å². The molecule has 0 aliphatic carbocycles. The maximum absolute atomic E-state index is 10.8. The number of carbonyl (C=O) groups excluding carboxylic acids is 1. The van der Waals surface area contributed by atoms with Gasteiger partial charge in [0.2, 0.25) is 0 Å². The van der Waals surface area contributed by atoms with Crippen LogP contribution in [0.1, 0.15) is 15.4 Å². The van der Waals surface area contributed by atoms with Crippen LogP contribution in [0.15, 0.2) is 24.3 Å². The zero-order valence-corrected chi connectivity index (χ0v) is 10.3. The molecule has 3 N–H and O–H groups in total. The Balaban J connectivity index is 1.97. The second-order valence-electron chi connectivity index (χ2n) is 3.23. The van der Waals surface area contributed by atoms with E-state index in [4.69, 9.17) is 17.3 Å². The highest BCUT2D eigenvalue weighted by Gasteiger charge is 2.03. The summed E-state index contributed by atoms with van der Waals surface area (Å²) in [5.41, 5.74) is 5.20. The van der Waals surface area contributed by atoms with Crippen LogP contribution in [0, 0.1) is 0 Å². The smallest absolute Gasteiger partial charge is 0.269 e. The fourth-order valence-corrected chi connectivity index (χ4v) is 2.21. The molecule has 2 heterocycles. The van der Waals surface area contributed by atoms with E-state index in [1.807, 2.05) is 12.1 Å². The second kappa shape index (κ2) is 5.11. The third-order valence-electron chi connectivity index (χ3n) is 1.99. The lowest BCUT2D eigenvalue weighted by molar-refractivity contribution is 0.0994. The van der Waals surface area contributed by atoms with Crippen LogP contribution in [0.2, 0.25) is 4.34 Å². The Kier molecular flexibility index (Phi) is 3.55. The highest BCUT2D eigenvalue weighted by atomic mass is 35.5. The van der Waals surface area contributed by atoms with Crippen LogP contribution in [0.25, 0.3) is 0 Å². The van der Waals surface area contributed by atoms with Crippen LogP contribution in [0.4, 0.5) is 5.82 Å². The molecule has 7 heteroatoms. The first kappa shape index (κ1) is 11.8. The third-order valence-corrected chi connectivity index (χ3v) is 3.22. The van der Waals surface area contributed by atoms with Crippen molar-refractivity contribution < 1.29 is 4.79 Å². The molecular weight excluding hydrogens is 260 g/mol. The first-order chi connectivity index (χ1) is 8.15. The van der Waals surface area contributed by atoms with E-state index in [1.54, 1.807) is 6.07 Å². The van der Waals surface area contributed by atoms with E-state index in [2.05, 4.69) is 15.5 Å². The van der Waals surface area contributed by atoms with Crippen LogP contribution >= 0.6 is 22.9 Å². The summed E-state index contributed by atoms with van der Waals surface area (Å²) >= 11 is 7.30. The molecule has 0 bridgehead atoms. The summed E-state index contributed by atoms with van der Waals surface area (Å²) in [7, 11) is 0. The quantitative estimate of drug-likeness (QED) is 0.887. The lowest BCUT2D eigenvalue weighted by Gasteiger charge is -2.02. The Bertz CT molecular complexity index is 525. The molecule has 0 saturated heterocycles. The molecule has 0 atom stereocenters. The first-order valence-corrected chi connectivity index (χ1v) is 5.96. The lowest BCUT2D eigenvalue weighted by atomic mass is 10.3. The van der Waals surface area contributed by atoms with Gasteiger partial charge in [0.15, 0.2) is 5.69 Å². The SMILES string of the molecule is NC(=O)c1ccc(NCc2ccc(Cl)s2)nn1. The number of carbonyl (C=O) groups is 1. The van der Waals surface area contributed by atoms with Crippen molar-refractivity contribution in [1.29, 1.82) is 0 Å². The Morgan fingerprint density at radius 2 is 2.18 bits per heavy atom. The van der Waals surface area contributed by atoms with E-state index in [0.29, 0.717) is 12.4 Å². The third kappa shape index (κ3) is 3.15. The van der Waals surface area contributed by atoms with Crippen LogP contribution in [0.3, 0.4) is 0 Å². The van der Waals surface area contributed by atoms with Gasteiger partial charge in [-0.3, -0.25) is 4.79 Å². The summed E-state index contributed by atoms with van der Waals surface area (Å²) in [4.78, 5) is 11.9. The molecule has 88 valence electrons. The number of nitrogens with two attached hydrogens (primary N) is 1. The van der Waals surface area contributed by atoms with Gasteiger partial charge in [0.25, 0.3) is 5.91 Å². The largest absolute Gasteiger partial charge is 0.364 e. The molecule has 0 fully saturated rings. The van der Waals surface area contributed by atoms with Gasteiger partial charge in [-0.15, -0.1) is 21.5 Å². The predicted octanol–water partition coefficient (Wildman–Crippen LogP) is 1.90. The minimum absolute atomic E-state index is 0.148. The van der Waals surface area contributed by atoms with Crippen LogP contribution < -0.4 is 11.1 Å². The van der Waals surface area contributed by atoms with Crippen molar-refractivity contribution in [2.75, 3.05) is 5.32 Å². The first-order valence-electron chi connectivity index (χ1n) is 4.77. The molecule has 17 heavy (non-hydrogen) atoms. The normalized spacial score (nSPS) is 10.2. The van der Waals surface area contributed by atoms with E-state index < -0.39 is 5.91 Å². The summed E-state index contributed by atoms with van der Waals surface area (Å²) < 4.78 is 0.747. The molecule has 0 aromatic carbocycles. The van der Waals surface area contributed by atoms with Gasteiger partial charge in [-0.2, -0.15) is 0 Å². The molecule has 0 saturated carbocycles. The van der Waals surface area contributed by atoms with Crippen molar-refractivity contribution >= 4 is 34.7 Å². The topological polar surface area (TPSA) is 80.9 Å².